The van der Waals surface area contributed by atoms with Crippen molar-refractivity contribution < 1.29 is 9.53 Å². The molecule has 1 N–H and O–H groups in total. The lowest BCUT2D eigenvalue weighted by Crippen LogP contribution is -2.00. The second-order valence-corrected chi connectivity index (χ2v) is 3.77. The Balaban J connectivity index is 2.55. The number of aromatic nitrogens is 1. The summed E-state index contributed by atoms with van der Waals surface area (Å²) in [6.07, 6.45) is 0. The molecule has 0 bridgehead atoms. The maximum Gasteiger partial charge on any atom is 0.337 e. The van der Waals surface area contributed by atoms with E-state index in [-0.39, 0.29) is 5.97 Å². The number of H-pyrrole nitrogens is 1. The van der Waals surface area contributed by atoms with E-state index in [2.05, 4.69) is 25.7 Å². The lowest BCUT2D eigenvalue weighted by molar-refractivity contribution is 0.0601. The Bertz CT molecular complexity index is 490. The minimum absolute atomic E-state index is 0.316. The van der Waals surface area contributed by atoms with Crippen LogP contribution >= 0.6 is 15.9 Å². The molecule has 0 saturated heterocycles. The van der Waals surface area contributed by atoms with Crippen LogP contribution in [0.2, 0.25) is 0 Å². The van der Waals surface area contributed by atoms with Crippen LogP contribution in [0.4, 0.5) is 0 Å². The third-order valence-electron chi connectivity index (χ3n) is 2.01. The molecule has 0 radical (unpaired) electrons. The molecule has 14 heavy (non-hydrogen) atoms. The summed E-state index contributed by atoms with van der Waals surface area (Å²) in [4.78, 5) is 14.3. The third kappa shape index (κ3) is 1.53. The quantitative estimate of drug-likeness (QED) is 0.795. The fraction of sp³-hybridized carbons (Fsp3) is 0.100. The van der Waals surface area contributed by atoms with Crippen LogP contribution in [0.1, 0.15) is 10.4 Å². The number of hydrogen-bond donors (Lipinski definition) is 1. The zero-order valence-corrected chi connectivity index (χ0v) is 9.09. The highest BCUT2D eigenvalue weighted by molar-refractivity contribution is 9.10. The minimum Gasteiger partial charge on any atom is -0.465 e. The van der Waals surface area contributed by atoms with Crippen molar-refractivity contribution in [2.75, 3.05) is 7.11 Å². The molecule has 0 atom stereocenters. The van der Waals surface area contributed by atoms with Crippen LogP contribution < -0.4 is 0 Å². The van der Waals surface area contributed by atoms with Crippen molar-refractivity contribution in [2.24, 2.45) is 0 Å². The number of carbonyl (C=O) groups excluding carboxylic acids is 1. The highest BCUT2D eigenvalue weighted by atomic mass is 79.9. The van der Waals surface area contributed by atoms with Crippen LogP contribution in [0.5, 0.6) is 0 Å². The van der Waals surface area contributed by atoms with Crippen LogP contribution in [0.15, 0.2) is 28.9 Å². The van der Waals surface area contributed by atoms with Crippen molar-refractivity contribution in [2.45, 2.75) is 0 Å². The van der Waals surface area contributed by atoms with Crippen molar-refractivity contribution in [3.8, 4) is 0 Å². The van der Waals surface area contributed by atoms with Gasteiger partial charge in [0.25, 0.3) is 0 Å². The molecule has 0 aliphatic rings. The molecule has 3 nitrogen and oxygen atoms in total. The van der Waals surface area contributed by atoms with Gasteiger partial charge in [-0.1, -0.05) is 0 Å². The minimum atomic E-state index is -0.316. The van der Waals surface area contributed by atoms with E-state index in [1.807, 2.05) is 12.1 Å². The van der Waals surface area contributed by atoms with Crippen LogP contribution in [-0.2, 0) is 4.74 Å². The first kappa shape index (κ1) is 9.27. The fourth-order valence-electron chi connectivity index (χ4n) is 1.34. The molecule has 2 aromatic rings. The number of benzene rings is 1. The molecule has 0 amide bonds. The van der Waals surface area contributed by atoms with Crippen LogP contribution in [-0.4, -0.2) is 18.1 Å². The van der Waals surface area contributed by atoms with E-state index in [0.29, 0.717) is 5.56 Å². The van der Waals surface area contributed by atoms with Gasteiger partial charge in [-0.2, -0.15) is 0 Å². The largest absolute Gasteiger partial charge is 0.465 e. The number of fused-ring (bicyclic) bond motifs is 1. The molecule has 0 aliphatic heterocycles. The molecule has 0 aliphatic carbocycles. The number of halogens is 1. The predicted octanol–water partition coefficient (Wildman–Crippen LogP) is 2.72. The van der Waals surface area contributed by atoms with Crippen molar-refractivity contribution in [1.29, 1.82) is 0 Å². The maximum absolute atomic E-state index is 11.2. The van der Waals surface area contributed by atoms with E-state index in [9.17, 15) is 4.79 Å². The second kappa shape index (κ2) is 3.46. The summed E-state index contributed by atoms with van der Waals surface area (Å²) in [6, 6.07) is 7.30. The SMILES string of the molecule is COC(=O)c1ccc2[nH]c(Br)cc2c1. The first-order valence-electron chi connectivity index (χ1n) is 4.07. The first-order chi connectivity index (χ1) is 6.70. The van der Waals surface area contributed by atoms with Gasteiger partial charge in [0.15, 0.2) is 0 Å². The number of ether oxygens (including phenoxy) is 1. The Hall–Kier alpha value is -1.29. The standard InChI is InChI=1S/C10H8BrNO2/c1-14-10(13)6-2-3-8-7(4-6)5-9(11)12-8/h2-5,12H,1H3. The van der Waals surface area contributed by atoms with E-state index >= 15 is 0 Å². The molecule has 0 unspecified atom stereocenters. The summed E-state index contributed by atoms with van der Waals surface area (Å²) in [7, 11) is 1.37. The van der Waals surface area contributed by atoms with Crippen LogP contribution in [0.3, 0.4) is 0 Å². The summed E-state index contributed by atoms with van der Waals surface area (Å²) in [5, 5.41) is 0.986. The number of rotatable bonds is 1. The molecule has 72 valence electrons. The highest BCUT2D eigenvalue weighted by Gasteiger charge is 2.06. The van der Waals surface area contributed by atoms with Crippen LogP contribution in [0, 0.1) is 0 Å². The topological polar surface area (TPSA) is 42.1 Å². The maximum atomic E-state index is 11.2. The number of methoxy groups -OCH3 is 1. The molecule has 0 spiro atoms. The van der Waals surface area contributed by atoms with Crippen molar-refractivity contribution in [3.63, 3.8) is 0 Å². The average molecular weight is 254 g/mol. The lowest BCUT2D eigenvalue weighted by atomic mass is 10.1. The Morgan fingerprint density at radius 1 is 1.43 bits per heavy atom. The van der Waals surface area contributed by atoms with Crippen molar-refractivity contribution in [3.05, 3.63) is 34.4 Å². The van der Waals surface area contributed by atoms with Crippen molar-refractivity contribution >= 4 is 32.8 Å². The third-order valence-corrected chi connectivity index (χ3v) is 2.44. The monoisotopic (exact) mass is 253 g/mol. The van der Waals surface area contributed by atoms with Gasteiger partial charge in [0.05, 0.1) is 17.3 Å². The highest BCUT2D eigenvalue weighted by Crippen LogP contribution is 2.20. The molecular formula is C10H8BrNO2. The number of carbonyl (C=O) groups is 1. The van der Waals surface area contributed by atoms with Gasteiger partial charge >= 0.3 is 5.97 Å². The normalized spacial score (nSPS) is 10.4. The van der Waals surface area contributed by atoms with E-state index in [4.69, 9.17) is 0 Å². The first-order valence-corrected chi connectivity index (χ1v) is 4.86. The Kier molecular flexibility index (Phi) is 2.29. The summed E-state index contributed by atoms with van der Waals surface area (Å²) in [5.74, 6) is -0.316. The molecule has 0 saturated carbocycles. The second-order valence-electron chi connectivity index (χ2n) is 2.91. The van der Waals surface area contributed by atoms with Gasteiger partial charge in [0.1, 0.15) is 0 Å². The smallest absolute Gasteiger partial charge is 0.337 e. The van der Waals surface area contributed by atoms with Crippen LogP contribution in [0.25, 0.3) is 10.9 Å². The Labute approximate surface area is 89.2 Å². The predicted molar refractivity (Wildman–Crippen MR) is 57.3 cm³/mol. The molecule has 1 aromatic carbocycles. The molecule has 1 heterocycles. The number of esters is 1. The van der Waals surface area contributed by atoms with Gasteiger partial charge in [-0.25, -0.2) is 4.79 Å². The van der Waals surface area contributed by atoms with Crippen molar-refractivity contribution in [1.82, 2.24) is 4.98 Å². The molecule has 4 heteroatoms. The lowest BCUT2D eigenvalue weighted by Gasteiger charge is -1.98. The number of aromatic amines is 1. The Morgan fingerprint density at radius 3 is 2.93 bits per heavy atom. The van der Waals surface area contributed by atoms with Gasteiger partial charge < -0.3 is 9.72 Å². The van der Waals surface area contributed by atoms with E-state index in [1.165, 1.54) is 7.11 Å². The summed E-state index contributed by atoms with van der Waals surface area (Å²) >= 11 is 3.33. The zero-order chi connectivity index (χ0) is 10.1. The summed E-state index contributed by atoms with van der Waals surface area (Å²) in [5.41, 5.74) is 1.55. The average Bonchev–Trinajstić information content (AvgIpc) is 2.55. The number of hydrogen-bond acceptors (Lipinski definition) is 2. The van der Waals surface area contributed by atoms with Gasteiger partial charge in [0.2, 0.25) is 0 Å². The molecular weight excluding hydrogens is 246 g/mol. The van der Waals surface area contributed by atoms with Gasteiger partial charge in [-0.3, -0.25) is 0 Å². The zero-order valence-electron chi connectivity index (χ0n) is 7.50. The molecule has 0 fully saturated rings. The summed E-state index contributed by atoms with van der Waals surface area (Å²) < 4.78 is 5.53. The van der Waals surface area contributed by atoms with E-state index in [0.717, 1.165) is 15.5 Å². The van der Waals surface area contributed by atoms with E-state index < -0.39 is 0 Å². The van der Waals surface area contributed by atoms with Gasteiger partial charge in [-0.05, 0) is 40.2 Å². The van der Waals surface area contributed by atoms with Gasteiger partial charge in [0, 0.05) is 10.9 Å². The molecule has 2 rings (SSSR count). The number of nitrogens with one attached hydrogen (secondary N) is 1. The van der Waals surface area contributed by atoms with E-state index in [1.54, 1.807) is 12.1 Å². The Morgan fingerprint density at radius 2 is 2.21 bits per heavy atom. The van der Waals surface area contributed by atoms with Gasteiger partial charge in [-0.15, -0.1) is 0 Å². The fourth-order valence-corrected chi connectivity index (χ4v) is 1.80. The summed E-state index contributed by atoms with van der Waals surface area (Å²) in [6.45, 7) is 0. The molecule has 1 aromatic heterocycles.